The van der Waals surface area contributed by atoms with Gasteiger partial charge in [0, 0.05) is 5.56 Å². The van der Waals surface area contributed by atoms with E-state index >= 15 is 0 Å². The van der Waals surface area contributed by atoms with Crippen molar-refractivity contribution < 1.29 is 24.2 Å². The third kappa shape index (κ3) is 4.09. The van der Waals surface area contributed by atoms with Crippen LogP contribution in [0.1, 0.15) is 46.7 Å². The van der Waals surface area contributed by atoms with Gasteiger partial charge in [0.2, 0.25) is 0 Å². The summed E-state index contributed by atoms with van der Waals surface area (Å²) in [5, 5.41) is 12.3. The lowest BCUT2D eigenvalue weighted by atomic mass is 9.87. The first-order valence-corrected chi connectivity index (χ1v) is 11.4. The number of aromatic hydroxyl groups is 1. The van der Waals surface area contributed by atoms with Gasteiger partial charge < -0.3 is 14.6 Å². The van der Waals surface area contributed by atoms with Gasteiger partial charge in [-0.25, -0.2) is 0 Å². The molecule has 0 bridgehead atoms. The maximum absolute atomic E-state index is 11.8. The zero-order chi connectivity index (χ0) is 23.2. The normalized spacial score (nSPS) is 21.3. The molecule has 7 heteroatoms. The number of hydrogen-bond acceptors (Lipinski definition) is 6. The molecule has 0 saturated carbocycles. The van der Waals surface area contributed by atoms with Crippen LogP contribution < -0.4 is 14.8 Å². The molecule has 1 atom stereocenters. The van der Waals surface area contributed by atoms with Crippen molar-refractivity contribution in [1.29, 1.82) is 0 Å². The summed E-state index contributed by atoms with van der Waals surface area (Å²) in [4.78, 5) is 23.5. The van der Waals surface area contributed by atoms with Crippen molar-refractivity contribution in [3.05, 3.63) is 56.5 Å². The van der Waals surface area contributed by atoms with Crippen LogP contribution in [0.15, 0.2) is 23.1 Å². The Morgan fingerprint density at radius 2 is 1.94 bits per heavy atom. The monoisotopic (exact) mass is 453 g/mol. The molecule has 2 aromatic rings. The molecule has 168 valence electrons. The van der Waals surface area contributed by atoms with Gasteiger partial charge in [-0.15, -0.1) is 0 Å². The quantitative estimate of drug-likeness (QED) is 0.626. The smallest absolute Gasteiger partial charge is 0.290 e. The van der Waals surface area contributed by atoms with E-state index in [0.717, 1.165) is 69.5 Å². The Morgan fingerprint density at radius 3 is 2.59 bits per heavy atom. The zero-order valence-electron chi connectivity index (χ0n) is 18.9. The average Bonchev–Trinajstić information content (AvgIpc) is 3.06. The first-order chi connectivity index (χ1) is 15.1. The largest absolute Gasteiger partial charge is 0.507 e. The number of carbonyl (C=O) groups excluding carboxylic acids is 2. The van der Waals surface area contributed by atoms with Gasteiger partial charge in [0.15, 0.2) is 0 Å². The van der Waals surface area contributed by atoms with Gasteiger partial charge in [-0.05, 0) is 105 Å². The van der Waals surface area contributed by atoms with E-state index < -0.39 is 5.60 Å². The van der Waals surface area contributed by atoms with Crippen molar-refractivity contribution in [3.63, 3.8) is 0 Å². The summed E-state index contributed by atoms with van der Waals surface area (Å²) in [6.45, 7) is 10.2. The third-order valence-corrected chi connectivity index (χ3v) is 7.07. The molecule has 0 spiro atoms. The minimum Gasteiger partial charge on any atom is -0.507 e. The molecular weight excluding hydrogens is 426 g/mol. The van der Waals surface area contributed by atoms with Gasteiger partial charge in [0.25, 0.3) is 11.1 Å². The fourth-order valence-electron chi connectivity index (χ4n) is 4.12. The summed E-state index contributed by atoms with van der Waals surface area (Å²) < 4.78 is 12.6. The lowest BCUT2D eigenvalue weighted by molar-refractivity contribution is -0.115. The Bertz CT molecular complexity index is 1170. The van der Waals surface area contributed by atoms with Crippen LogP contribution in [0.3, 0.4) is 0 Å². The van der Waals surface area contributed by atoms with E-state index in [1.54, 1.807) is 6.08 Å². The standard InChI is InChI=1S/C25H27NO5S/c1-13-10-17(11-20-23(28)26-24(29)32-20)6-7-19(13)30-12-25(5)9-8-18-16(4)21(27)14(2)15(3)22(18)31-25/h6-7,10-11,27H,8-9,12H2,1-5H3,(H,26,28,29)/b20-11-. The predicted octanol–water partition coefficient (Wildman–Crippen LogP) is 5.11. The van der Waals surface area contributed by atoms with Crippen LogP contribution in [-0.4, -0.2) is 28.5 Å². The summed E-state index contributed by atoms with van der Waals surface area (Å²) in [6.07, 6.45) is 3.30. The van der Waals surface area contributed by atoms with E-state index in [1.807, 2.05) is 52.8 Å². The average molecular weight is 454 g/mol. The summed E-state index contributed by atoms with van der Waals surface area (Å²) >= 11 is 0.903. The van der Waals surface area contributed by atoms with Crippen molar-refractivity contribution in [1.82, 2.24) is 5.32 Å². The Hall–Kier alpha value is -2.93. The second-order valence-electron chi connectivity index (χ2n) is 8.75. The molecule has 2 N–H and O–H groups in total. The molecule has 0 aliphatic carbocycles. The lowest BCUT2D eigenvalue weighted by Gasteiger charge is -2.37. The van der Waals surface area contributed by atoms with Crippen molar-refractivity contribution in [3.8, 4) is 17.2 Å². The van der Waals surface area contributed by atoms with Crippen LogP contribution in [0.4, 0.5) is 4.79 Å². The van der Waals surface area contributed by atoms with Gasteiger partial charge >= 0.3 is 0 Å². The molecule has 6 nitrogen and oxygen atoms in total. The number of fused-ring (bicyclic) bond motifs is 1. The summed E-state index contributed by atoms with van der Waals surface area (Å²) in [5.41, 5.74) is 5.06. The van der Waals surface area contributed by atoms with Gasteiger partial charge in [-0.3, -0.25) is 14.9 Å². The van der Waals surface area contributed by atoms with E-state index in [4.69, 9.17) is 9.47 Å². The highest BCUT2D eigenvalue weighted by Gasteiger charge is 2.35. The molecule has 1 fully saturated rings. The van der Waals surface area contributed by atoms with Crippen LogP contribution in [0.25, 0.3) is 6.08 Å². The number of phenolic OH excluding ortho intramolecular Hbond substituents is 1. The van der Waals surface area contributed by atoms with Crippen molar-refractivity contribution in [2.24, 2.45) is 0 Å². The van der Waals surface area contributed by atoms with Crippen LogP contribution >= 0.6 is 11.8 Å². The number of phenols is 1. The first-order valence-electron chi connectivity index (χ1n) is 10.6. The minimum absolute atomic E-state index is 0.351. The number of rotatable bonds is 4. The number of thioether (sulfide) groups is 1. The first kappa shape index (κ1) is 22.3. The molecule has 4 rings (SSSR count). The highest BCUT2D eigenvalue weighted by atomic mass is 32.2. The molecule has 2 heterocycles. The Morgan fingerprint density at radius 1 is 1.19 bits per heavy atom. The van der Waals surface area contributed by atoms with E-state index in [1.165, 1.54) is 0 Å². The van der Waals surface area contributed by atoms with E-state index in [9.17, 15) is 14.7 Å². The van der Waals surface area contributed by atoms with Gasteiger partial charge in [0.05, 0.1) is 4.91 Å². The molecule has 0 radical (unpaired) electrons. The SMILES string of the molecule is Cc1cc(/C=C2\SC(=O)NC2=O)ccc1OCC1(C)CCc2c(C)c(O)c(C)c(C)c2O1. The molecule has 2 amide bonds. The summed E-state index contributed by atoms with van der Waals surface area (Å²) in [5.74, 6) is 1.59. The highest BCUT2D eigenvalue weighted by Crippen LogP contribution is 2.43. The Kier molecular flexibility index (Phi) is 5.71. The summed E-state index contributed by atoms with van der Waals surface area (Å²) in [6, 6.07) is 5.67. The number of carbonyl (C=O) groups is 2. The van der Waals surface area contributed by atoms with Crippen molar-refractivity contribution in [2.45, 2.75) is 53.1 Å². The maximum Gasteiger partial charge on any atom is 0.290 e. The molecule has 0 aromatic heterocycles. The van der Waals surface area contributed by atoms with Crippen molar-refractivity contribution >= 4 is 29.0 Å². The molecule has 2 aromatic carbocycles. The van der Waals surface area contributed by atoms with Crippen LogP contribution in [-0.2, 0) is 11.2 Å². The molecule has 32 heavy (non-hydrogen) atoms. The van der Waals surface area contributed by atoms with Crippen LogP contribution in [0.5, 0.6) is 17.2 Å². The van der Waals surface area contributed by atoms with E-state index in [-0.39, 0.29) is 11.1 Å². The molecule has 2 aliphatic heterocycles. The third-order valence-electron chi connectivity index (χ3n) is 6.26. The number of aryl methyl sites for hydroxylation is 1. The van der Waals surface area contributed by atoms with Gasteiger partial charge in [-0.1, -0.05) is 6.07 Å². The molecule has 2 aliphatic rings. The molecule has 1 unspecified atom stereocenters. The second kappa shape index (κ2) is 8.20. The number of imide groups is 1. The van der Waals surface area contributed by atoms with E-state index in [0.29, 0.717) is 17.3 Å². The number of amides is 2. The fourth-order valence-corrected chi connectivity index (χ4v) is 4.81. The maximum atomic E-state index is 11.8. The highest BCUT2D eigenvalue weighted by molar-refractivity contribution is 8.18. The van der Waals surface area contributed by atoms with Crippen LogP contribution in [0.2, 0.25) is 0 Å². The fraction of sp³-hybridized carbons (Fsp3) is 0.360. The van der Waals surface area contributed by atoms with Crippen LogP contribution in [0, 0.1) is 27.7 Å². The summed E-state index contributed by atoms with van der Waals surface area (Å²) in [7, 11) is 0. The van der Waals surface area contributed by atoms with E-state index in [2.05, 4.69) is 5.32 Å². The lowest BCUT2D eigenvalue weighted by Crippen LogP contribution is -2.42. The Labute approximate surface area is 192 Å². The second-order valence-corrected chi connectivity index (χ2v) is 9.76. The van der Waals surface area contributed by atoms with Crippen molar-refractivity contribution in [2.75, 3.05) is 6.61 Å². The Balaban J connectivity index is 1.49. The number of ether oxygens (including phenoxy) is 2. The van der Waals surface area contributed by atoms with Gasteiger partial charge in [-0.2, -0.15) is 0 Å². The molecular formula is C25H27NO5S. The topological polar surface area (TPSA) is 84.9 Å². The van der Waals surface area contributed by atoms with Gasteiger partial charge in [0.1, 0.15) is 29.5 Å². The zero-order valence-corrected chi connectivity index (χ0v) is 19.7. The molecule has 1 saturated heterocycles. The number of hydrogen-bond donors (Lipinski definition) is 2. The predicted molar refractivity (Wildman–Crippen MR) is 125 cm³/mol. The minimum atomic E-state index is -0.486. The number of nitrogens with one attached hydrogen (secondary N) is 1. The number of benzene rings is 2.